The molecule has 6 heteroatoms. The number of thiocarbonyl (C=S) groups is 1. The van der Waals surface area contributed by atoms with E-state index in [1.807, 2.05) is 0 Å². The predicted molar refractivity (Wildman–Crippen MR) is 76.2 cm³/mol. The van der Waals surface area contributed by atoms with Gasteiger partial charge in [0.15, 0.2) is 0 Å². The van der Waals surface area contributed by atoms with E-state index in [0.717, 1.165) is 25.0 Å². The Balaban J connectivity index is 1.94. The van der Waals surface area contributed by atoms with E-state index in [1.54, 1.807) is 4.90 Å². The Labute approximate surface area is 121 Å². The number of benzene rings is 1. The highest BCUT2D eigenvalue weighted by Crippen LogP contribution is 2.19. The molecule has 0 atom stereocenters. The molecule has 0 aliphatic carbocycles. The van der Waals surface area contributed by atoms with Crippen LogP contribution in [0.25, 0.3) is 0 Å². The van der Waals surface area contributed by atoms with Gasteiger partial charge in [0.2, 0.25) is 5.91 Å². The number of amides is 1. The summed E-state index contributed by atoms with van der Waals surface area (Å²) in [4.78, 5) is 14.2. The summed E-state index contributed by atoms with van der Waals surface area (Å²) in [5.41, 5.74) is 5.80. The van der Waals surface area contributed by atoms with E-state index < -0.39 is 11.6 Å². The number of hydrogen-bond donors (Lipinski definition) is 1. The fourth-order valence-corrected chi connectivity index (χ4v) is 2.59. The van der Waals surface area contributed by atoms with E-state index in [9.17, 15) is 13.6 Å². The van der Waals surface area contributed by atoms with Crippen LogP contribution in [-0.2, 0) is 11.2 Å². The molecule has 0 unspecified atom stereocenters. The summed E-state index contributed by atoms with van der Waals surface area (Å²) in [5.74, 6) is -1.30. The van der Waals surface area contributed by atoms with E-state index in [4.69, 9.17) is 18.0 Å². The van der Waals surface area contributed by atoms with E-state index >= 15 is 0 Å². The lowest BCUT2D eigenvalue weighted by atomic mass is 9.96. The maximum absolute atomic E-state index is 13.5. The standard InChI is InChI=1S/C14H16F2N2OS/c15-11-2-1-10(12(16)8-11)7-13(19)18-5-3-9(4-6-18)14(17)20/h1-2,8-9H,3-7H2,(H2,17,20). The molecule has 3 nitrogen and oxygen atoms in total. The van der Waals surface area contributed by atoms with Crippen molar-refractivity contribution in [2.75, 3.05) is 13.1 Å². The van der Waals surface area contributed by atoms with Crippen molar-refractivity contribution in [3.8, 4) is 0 Å². The molecular weight excluding hydrogens is 282 g/mol. The van der Waals surface area contributed by atoms with Crippen molar-refractivity contribution in [1.29, 1.82) is 0 Å². The van der Waals surface area contributed by atoms with Gasteiger partial charge in [-0.2, -0.15) is 0 Å². The van der Waals surface area contributed by atoms with Gasteiger partial charge in [-0.1, -0.05) is 18.3 Å². The van der Waals surface area contributed by atoms with Crippen LogP contribution in [-0.4, -0.2) is 28.9 Å². The van der Waals surface area contributed by atoms with Crippen molar-refractivity contribution in [2.45, 2.75) is 19.3 Å². The van der Waals surface area contributed by atoms with Crippen molar-refractivity contribution >= 4 is 23.1 Å². The number of halogens is 2. The number of carbonyl (C=O) groups is 1. The Morgan fingerprint density at radius 2 is 2.00 bits per heavy atom. The molecule has 1 aromatic carbocycles. The molecule has 1 aliphatic heterocycles. The Bertz CT molecular complexity index is 528. The maximum Gasteiger partial charge on any atom is 0.227 e. The molecule has 1 aromatic rings. The van der Waals surface area contributed by atoms with Crippen molar-refractivity contribution in [3.63, 3.8) is 0 Å². The number of hydrogen-bond acceptors (Lipinski definition) is 2. The second kappa shape index (κ2) is 6.26. The maximum atomic E-state index is 13.5. The van der Waals surface area contributed by atoms with Crippen molar-refractivity contribution in [1.82, 2.24) is 4.90 Å². The minimum absolute atomic E-state index is 0.0517. The van der Waals surface area contributed by atoms with E-state index in [-0.39, 0.29) is 23.8 Å². The highest BCUT2D eigenvalue weighted by Gasteiger charge is 2.24. The number of nitrogens with zero attached hydrogens (tertiary/aromatic N) is 1. The summed E-state index contributed by atoms with van der Waals surface area (Å²) < 4.78 is 26.3. The van der Waals surface area contributed by atoms with Crippen molar-refractivity contribution in [3.05, 3.63) is 35.4 Å². The fraction of sp³-hybridized carbons (Fsp3) is 0.429. The van der Waals surface area contributed by atoms with Crippen LogP contribution in [0.1, 0.15) is 18.4 Å². The first-order chi connectivity index (χ1) is 9.47. The predicted octanol–water partition coefficient (Wildman–Crippen LogP) is 2.03. The summed E-state index contributed by atoms with van der Waals surface area (Å²) in [6, 6.07) is 3.26. The third-order valence-electron chi connectivity index (χ3n) is 3.61. The summed E-state index contributed by atoms with van der Waals surface area (Å²) in [6.07, 6.45) is 1.43. The SMILES string of the molecule is NC(=S)C1CCN(C(=O)Cc2ccc(F)cc2F)CC1. The van der Waals surface area contributed by atoms with E-state index in [2.05, 4.69) is 0 Å². The van der Waals surface area contributed by atoms with Crippen LogP contribution >= 0.6 is 12.2 Å². The van der Waals surface area contributed by atoms with Gasteiger partial charge in [-0.3, -0.25) is 4.79 Å². The first kappa shape index (κ1) is 14.8. The fourth-order valence-electron chi connectivity index (χ4n) is 2.35. The van der Waals surface area contributed by atoms with Gasteiger partial charge in [0.25, 0.3) is 0 Å². The van der Waals surface area contributed by atoms with Crippen LogP contribution in [0.15, 0.2) is 18.2 Å². The highest BCUT2D eigenvalue weighted by molar-refractivity contribution is 7.80. The van der Waals surface area contributed by atoms with Gasteiger partial charge in [-0.05, 0) is 24.5 Å². The average molecular weight is 298 g/mol. The summed E-state index contributed by atoms with van der Waals surface area (Å²) in [7, 11) is 0. The van der Waals surface area contributed by atoms with Gasteiger partial charge in [-0.15, -0.1) is 0 Å². The smallest absolute Gasteiger partial charge is 0.227 e. The summed E-state index contributed by atoms with van der Waals surface area (Å²) in [5, 5.41) is 0. The van der Waals surface area contributed by atoms with Crippen LogP contribution in [0.5, 0.6) is 0 Å². The molecule has 1 amide bonds. The first-order valence-corrected chi connectivity index (χ1v) is 6.89. The van der Waals surface area contributed by atoms with Crippen LogP contribution < -0.4 is 5.73 Å². The second-order valence-corrected chi connectivity index (χ2v) is 5.44. The molecule has 1 heterocycles. The zero-order valence-electron chi connectivity index (χ0n) is 10.9. The van der Waals surface area contributed by atoms with Crippen LogP contribution in [0.2, 0.25) is 0 Å². The Morgan fingerprint density at radius 1 is 1.35 bits per heavy atom. The van der Waals surface area contributed by atoms with Gasteiger partial charge in [0.1, 0.15) is 11.6 Å². The molecule has 0 saturated carbocycles. The van der Waals surface area contributed by atoms with Gasteiger partial charge in [-0.25, -0.2) is 8.78 Å². The Hall–Kier alpha value is -1.56. The van der Waals surface area contributed by atoms with E-state index in [0.29, 0.717) is 18.1 Å². The topological polar surface area (TPSA) is 46.3 Å². The molecule has 0 aromatic heterocycles. The zero-order chi connectivity index (χ0) is 14.7. The molecule has 0 radical (unpaired) electrons. The lowest BCUT2D eigenvalue weighted by Crippen LogP contribution is -2.42. The minimum Gasteiger partial charge on any atom is -0.393 e. The van der Waals surface area contributed by atoms with Gasteiger partial charge in [0, 0.05) is 25.1 Å². The van der Waals surface area contributed by atoms with Crippen LogP contribution in [0.4, 0.5) is 8.78 Å². The normalized spacial score (nSPS) is 16.2. The lowest BCUT2D eigenvalue weighted by Gasteiger charge is -2.31. The zero-order valence-corrected chi connectivity index (χ0v) is 11.8. The van der Waals surface area contributed by atoms with Gasteiger partial charge in [0.05, 0.1) is 11.4 Å². The molecule has 2 N–H and O–H groups in total. The van der Waals surface area contributed by atoms with Crippen LogP contribution in [0.3, 0.4) is 0 Å². The Morgan fingerprint density at radius 3 is 2.55 bits per heavy atom. The molecule has 1 aliphatic rings. The second-order valence-electron chi connectivity index (χ2n) is 4.97. The monoisotopic (exact) mass is 298 g/mol. The molecule has 0 bridgehead atoms. The number of nitrogens with two attached hydrogens (primary N) is 1. The number of rotatable bonds is 3. The third kappa shape index (κ3) is 3.50. The molecular formula is C14H16F2N2OS. The first-order valence-electron chi connectivity index (χ1n) is 6.48. The lowest BCUT2D eigenvalue weighted by molar-refractivity contribution is -0.131. The van der Waals surface area contributed by atoms with Gasteiger partial charge >= 0.3 is 0 Å². The number of carbonyl (C=O) groups excluding carboxylic acids is 1. The Kier molecular flexibility index (Phi) is 4.65. The summed E-state index contributed by atoms with van der Waals surface area (Å²) >= 11 is 4.94. The third-order valence-corrected chi connectivity index (χ3v) is 3.94. The quantitative estimate of drug-likeness (QED) is 0.869. The van der Waals surface area contributed by atoms with E-state index in [1.165, 1.54) is 6.07 Å². The van der Waals surface area contributed by atoms with Crippen LogP contribution in [0, 0.1) is 17.6 Å². The molecule has 0 spiro atoms. The van der Waals surface area contributed by atoms with Gasteiger partial charge < -0.3 is 10.6 Å². The highest BCUT2D eigenvalue weighted by atomic mass is 32.1. The largest absolute Gasteiger partial charge is 0.393 e. The molecule has 2 rings (SSSR count). The van der Waals surface area contributed by atoms with Crippen molar-refractivity contribution in [2.24, 2.45) is 11.7 Å². The molecule has 20 heavy (non-hydrogen) atoms. The average Bonchev–Trinajstić information content (AvgIpc) is 2.42. The van der Waals surface area contributed by atoms with Crippen molar-refractivity contribution < 1.29 is 13.6 Å². The number of likely N-dealkylation sites (tertiary alicyclic amines) is 1. The number of piperidine rings is 1. The molecule has 1 saturated heterocycles. The minimum atomic E-state index is -0.684. The molecule has 1 fully saturated rings. The molecule has 108 valence electrons. The summed E-state index contributed by atoms with van der Waals surface area (Å²) in [6.45, 7) is 1.15.